The van der Waals surface area contributed by atoms with Crippen molar-refractivity contribution in [2.75, 3.05) is 12.0 Å². The van der Waals surface area contributed by atoms with Crippen LogP contribution in [-0.4, -0.2) is 35.2 Å². The van der Waals surface area contributed by atoms with Crippen LogP contribution in [0.15, 0.2) is 0 Å². The number of hydrogen-bond donors (Lipinski definition) is 2. The Morgan fingerprint density at radius 3 is 2.53 bits per heavy atom. The summed E-state index contributed by atoms with van der Waals surface area (Å²) in [6.45, 7) is 2.03. The summed E-state index contributed by atoms with van der Waals surface area (Å²) in [7, 11) is 0. The lowest BCUT2D eigenvalue weighted by molar-refractivity contribution is -0.140. The van der Waals surface area contributed by atoms with Gasteiger partial charge in [0.1, 0.15) is 6.04 Å². The first-order valence-corrected chi connectivity index (χ1v) is 8.04. The van der Waals surface area contributed by atoms with E-state index in [4.69, 9.17) is 5.11 Å². The van der Waals surface area contributed by atoms with E-state index in [9.17, 15) is 4.79 Å². The largest absolute Gasteiger partial charge is 0.480 e. The fourth-order valence-electron chi connectivity index (χ4n) is 2.58. The molecule has 0 spiro atoms. The highest BCUT2D eigenvalue weighted by Gasteiger charge is 2.25. The second-order valence-electron chi connectivity index (χ2n) is 5.02. The highest BCUT2D eigenvalue weighted by atomic mass is 32.2. The minimum Gasteiger partial charge on any atom is -0.480 e. The van der Waals surface area contributed by atoms with E-state index in [2.05, 4.69) is 11.6 Å². The van der Waals surface area contributed by atoms with E-state index in [-0.39, 0.29) is 6.04 Å². The van der Waals surface area contributed by atoms with Gasteiger partial charge in [-0.05, 0) is 50.0 Å². The Morgan fingerprint density at radius 2 is 2.06 bits per heavy atom. The molecule has 3 nitrogen and oxygen atoms in total. The molecule has 2 N–H and O–H groups in total. The lowest BCUT2D eigenvalue weighted by Gasteiger charge is -2.30. The molecule has 1 aliphatic rings. The van der Waals surface area contributed by atoms with Crippen molar-refractivity contribution >= 4 is 17.7 Å². The van der Waals surface area contributed by atoms with E-state index in [1.165, 1.54) is 18.6 Å². The summed E-state index contributed by atoms with van der Waals surface area (Å²) in [5.41, 5.74) is 0. The van der Waals surface area contributed by atoms with E-state index < -0.39 is 5.97 Å². The topological polar surface area (TPSA) is 49.3 Å². The van der Waals surface area contributed by atoms with Crippen LogP contribution in [0.25, 0.3) is 0 Å². The average molecular weight is 259 g/mol. The Labute approximate surface area is 109 Å². The first kappa shape index (κ1) is 14.8. The zero-order valence-corrected chi connectivity index (χ0v) is 11.8. The Bertz CT molecular complexity index is 227. The SMILES string of the molecule is CCCC(NC1CCC(CSC)CC1)C(=O)O. The number of carboxylic acids is 1. The smallest absolute Gasteiger partial charge is 0.320 e. The third-order valence-electron chi connectivity index (χ3n) is 3.56. The molecule has 1 atom stereocenters. The van der Waals surface area contributed by atoms with Gasteiger partial charge in [-0.3, -0.25) is 4.79 Å². The third-order valence-corrected chi connectivity index (χ3v) is 4.37. The Morgan fingerprint density at radius 1 is 1.41 bits per heavy atom. The van der Waals surface area contributed by atoms with Crippen LogP contribution >= 0.6 is 11.8 Å². The predicted octanol–water partition coefficient (Wildman–Crippen LogP) is 2.75. The van der Waals surface area contributed by atoms with Crippen LogP contribution in [0.2, 0.25) is 0 Å². The van der Waals surface area contributed by atoms with Crippen LogP contribution in [0.4, 0.5) is 0 Å². The van der Waals surface area contributed by atoms with Crippen molar-refractivity contribution in [3.8, 4) is 0 Å². The molecule has 1 fully saturated rings. The molecule has 0 aromatic rings. The standard InChI is InChI=1S/C13H25NO2S/c1-3-4-12(13(15)16)14-11-7-5-10(6-8-11)9-17-2/h10-12,14H,3-9H2,1-2H3,(H,15,16). The van der Waals surface area contributed by atoms with Gasteiger partial charge in [0.25, 0.3) is 0 Å². The molecule has 1 rings (SSSR count). The number of hydrogen-bond acceptors (Lipinski definition) is 3. The average Bonchev–Trinajstić information content (AvgIpc) is 2.31. The van der Waals surface area contributed by atoms with E-state index in [1.807, 2.05) is 18.7 Å². The molecule has 0 aromatic heterocycles. The molecule has 100 valence electrons. The quantitative estimate of drug-likeness (QED) is 0.738. The van der Waals surface area contributed by atoms with Gasteiger partial charge in [-0.25, -0.2) is 0 Å². The summed E-state index contributed by atoms with van der Waals surface area (Å²) < 4.78 is 0. The number of aliphatic carboxylic acids is 1. The second-order valence-corrected chi connectivity index (χ2v) is 5.93. The minimum atomic E-state index is -0.696. The van der Waals surface area contributed by atoms with Crippen LogP contribution in [0, 0.1) is 5.92 Å². The Balaban J connectivity index is 2.30. The van der Waals surface area contributed by atoms with Gasteiger partial charge >= 0.3 is 5.97 Å². The summed E-state index contributed by atoms with van der Waals surface area (Å²) >= 11 is 1.92. The van der Waals surface area contributed by atoms with E-state index in [0.29, 0.717) is 6.04 Å². The molecule has 0 aromatic carbocycles. The second kappa shape index (κ2) is 7.98. The molecule has 0 aliphatic heterocycles. The van der Waals surface area contributed by atoms with Gasteiger partial charge < -0.3 is 10.4 Å². The lowest BCUT2D eigenvalue weighted by atomic mass is 9.87. The summed E-state index contributed by atoms with van der Waals surface area (Å²) in [5, 5.41) is 12.4. The molecule has 0 bridgehead atoms. The maximum Gasteiger partial charge on any atom is 0.320 e. The highest BCUT2D eigenvalue weighted by molar-refractivity contribution is 7.98. The molecule has 0 saturated heterocycles. The Kier molecular flexibility index (Phi) is 6.97. The van der Waals surface area contributed by atoms with Crippen molar-refractivity contribution in [2.24, 2.45) is 5.92 Å². The van der Waals surface area contributed by atoms with Crippen LogP contribution in [0.3, 0.4) is 0 Å². The van der Waals surface area contributed by atoms with Crippen molar-refractivity contribution in [3.63, 3.8) is 0 Å². The van der Waals surface area contributed by atoms with Gasteiger partial charge in [-0.1, -0.05) is 13.3 Å². The van der Waals surface area contributed by atoms with Gasteiger partial charge in [0.05, 0.1) is 0 Å². The number of carbonyl (C=O) groups is 1. The van der Waals surface area contributed by atoms with Crippen molar-refractivity contribution in [2.45, 2.75) is 57.5 Å². The van der Waals surface area contributed by atoms with E-state index in [0.717, 1.165) is 31.6 Å². The molecule has 0 heterocycles. The van der Waals surface area contributed by atoms with Gasteiger partial charge in [0.15, 0.2) is 0 Å². The molecular weight excluding hydrogens is 234 g/mol. The van der Waals surface area contributed by atoms with Crippen molar-refractivity contribution in [3.05, 3.63) is 0 Å². The fraction of sp³-hybridized carbons (Fsp3) is 0.923. The zero-order chi connectivity index (χ0) is 12.7. The summed E-state index contributed by atoms with van der Waals surface area (Å²) in [6, 6.07) is 0.0721. The minimum absolute atomic E-state index is 0.345. The maximum absolute atomic E-state index is 11.1. The monoisotopic (exact) mass is 259 g/mol. The normalized spacial score (nSPS) is 26.7. The first-order valence-electron chi connectivity index (χ1n) is 6.65. The van der Waals surface area contributed by atoms with Crippen LogP contribution < -0.4 is 5.32 Å². The zero-order valence-electron chi connectivity index (χ0n) is 10.9. The molecule has 0 amide bonds. The summed E-state index contributed by atoms with van der Waals surface area (Å²) in [6.07, 6.45) is 8.59. The molecular formula is C13H25NO2S. The van der Waals surface area contributed by atoms with Gasteiger partial charge in [0, 0.05) is 6.04 Å². The third kappa shape index (κ3) is 5.30. The fourth-order valence-corrected chi connectivity index (χ4v) is 3.39. The Hall–Kier alpha value is -0.220. The summed E-state index contributed by atoms with van der Waals surface area (Å²) in [4.78, 5) is 11.1. The highest BCUT2D eigenvalue weighted by Crippen LogP contribution is 2.27. The molecule has 1 saturated carbocycles. The summed E-state index contributed by atoms with van der Waals surface area (Å²) in [5.74, 6) is 1.40. The van der Waals surface area contributed by atoms with Crippen molar-refractivity contribution in [1.29, 1.82) is 0 Å². The van der Waals surface area contributed by atoms with Gasteiger partial charge in [0.2, 0.25) is 0 Å². The molecule has 1 unspecified atom stereocenters. The number of thioether (sulfide) groups is 1. The van der Waals surface area contributed by atoms with Crippen LogP contribution in [0.5, 0.6) is 0 Å². The molecule has 4 heteroatoms. The maximum atomic E-state index is 11.1. The number of nitrogens with one attached hydrogen (secondary N) is 1. The molecule has 17 heavy (non-hydrogen) atoms. The number of carboxylic acid groups (broad SMARTS) is 1. The van der Waals surface area contributed by atoms with Crippen LogP contribution in [-0.2, 0) is 4.79 Å². The number of rotatable bonds is 7. The van der Waals surface area contributed by atoms with Gasteiger partial charge in [-0.15, -0.1) is 0 Å². The predicted molar refractivity (Wildman–Crippen MR) is 73.6 cm³/mol. The lowest BCUT2D eigenvalue weighted by Crippen LogP contribution is -2.44. The van der Waals surface area contributed by atoms with Gasteiger partial charge in [-0.2, -0.15) is 11.8 Å². The molecule has 0 radical (unpaired) electrons. The van der Waals surface area contributed by atoms with E-state index >= 15 is 0 Å². The van der Waals surface area contributed by atoms with Crippen LogP contribution in [0.1, 0.15) is 45.4 Å². The molecule has 1 aliphatic carbocycles. The van der Waals surface area contributed by atoms with Crippen molar-refractivity contribution < 1.29 is 9.90 Å². The van der Waals surface area contributed by atoms with E-state index in [1.54, 1.807) is 0 Å². The van der Waals surface area contributed by atoms with Crippen molar-refractivity contribution in [1.82, 2.24) is 5.32 Å². The first-order chi connectivity index (χ1) is 8.17.